The van der Waals surface area contributed by atoms with Crippen LogP contribution in [0.25, 0.3) is 0 Å². The van der Waals surface area contributed by atoms with Gasteiger partial charge in [0.15, 0.2) is 0 Å². The van der Waals surface area contributed by atoms with Crippen molar-refractivity contribution >= 4 is 87.5 Å². The van der Waals surface area contributed by atoms with E-state index >= 15 is 0 Å². The molecule has 0 radical (unpaired) electrons. The van der Waals surface area contributed by atoms with Crippen molar-refractivity contribution < 1.29 is 88.7 Å². The van der Waals surface area contributed by atoms with Crippen LogP contribution >= 0.6 is 36.7 Å². The zero-order chi connectivity index (χ0) is 12.6. The van der Waals surface area contributed by atoms with Crippen molar-refractivity contribution in [3.8, 4) is 0 Å². The van der Waals surface area contributed by atoms with Gasteiger partial charge in [-0.25, -0.2) is 0 Å². The summed E-state index contributed by atoms with van der Waals surface area (Å²) in [5, 5.41) is 5.72. The van der Waals surface area contributed by atoms with Crippen LogP contribution in [0.2, 0.25) is 0 Å². The minimum atomic E-state index is 0. The molecule has 0 atom stereocenters. The third-order valence-corrected chi connectivity index (χ3v) is 2.65. The molecule has 0 saturated carbocycles. The van der Waals surface area contributed by atoms with Gasteiger partial charge in [-0.05, 0) is 0 Å². The van der Waals surface area contributed by atoms with Gasteiger partial charge in [-0.3, -0.25) is 0 Å². The van der Waals surface area contributed by atoms with E-state index in [9.17, 15) is 0 Å². The van der Waals surface area contributed by atoms with Crippen LogP contribution in [0.5, 0.6) is 0 Å². The summed E-state index contributed by atoms with van der Waals surface area (Å²) in [5.74, 6) is 0. The van der Waals surface area contributed by atoms with Crippen molar-refractivity contribution in [2.75, 3.05) is 26.2 Å². The molecule has 3 nitrogen and oxygen atoms in total. The Kier molecular flexibility index (Phi) is 30.8. The molecule has 0 aliphatic heterocycles. The van der Waals surface area contributed by atoms with Gasteiger partial charge in [-0.15, -0.1) is 0 Å². The Hall–Kier alpha value is 3.33. The molecule has 12 heteroatoms. The van der Waals surface area contributed by atoms with Gasteiger partial charge in [0.25, 0.3) is 0 Å². The summed E-state index contributed by atoms with van der Waals surface area (Å²) in [6.45, 7) is 2.56. The van der Waals surface area contributed by atoms with E-state index in [4.69, 9.17) is 74.5 Å². The summed E-state index contributed by atoms with van der Waals surface area (Å²) in [6.07, 6.45) is 0. The quantitative estimate of drug-likeness (QED) is 0.258. The van der Waals surface area contributed by atoms with Gasteiger partial charge in [-0.2, -0.15) is 0 Å². The van der Waals surface area contributed by atoms with Crippen LogP contribution in [0.15, 0.2) is 0 Å². The maximum atomic E-state index is 4.94. The Labute approximate surface area is 214 Å². The first kappa shape index (κ1) is 30.2. The predicted octanol–water partition coefficient (Wildman–Crippen LogP) is -9.03. The molecule has 0 aromatic carbocycles. The minimum Gasteiger partial charge on any atom is -0.412 e. The summed E-state index contributed by atoms with van der Waals surface area (Å²) in [5.41, 5.74) is 0. The van der Waals surface area contributed by atoms with Gasteiger partial charge in [0.05, 0.1) is 0 Å². The molecule has 92 valence electrons. The van der Waals surface area contributed by atoms with Crippen LogP contribution in [0.1, 0.15) is 0 Å². The van der Waals surface area contributed by atoms with Crippen LogP contribution in [0.3, 0.4) is 0 Å². The van der Waals surface area contributed by atoms with Gasteiger partial charge < -0.3 is 90.1 Å². The molecule has 0 aromatic heterocycles. The van der Waals surface area contributed by atoms with Gasteiger partial charge in [0, 0.05) is 26.2 Å². The molecular formula is C7H10N3Na3S6. The largest absolute Gasteiger partial charge is 1.00 e. The fourth-order valence-electron chi connectivity index (χ4n) is 0.880. The van der Waals surface area contributed by atoms with Crippen molar-refractivity contribution in [1.82, 2.24) is 15.5 Å². The Morgan fingerprint density at radius 1 is 0.789 bits per heavy atom. The van der Waals surface area contributed by atoms with Crippen molar-refractivity contribution in [2.45, 2.75) is 0 Å². The zero-order valence-electron chi connectivity index (χ0n) is 11.2. The molecule has 19 heavy (non-hydrogen) atoms. The summed E-state index contributed by atoms with van der Waals surface area (Å²) in [7, 11) is 0. The second-order valence-corrected chi connectivity index (χ2v) is 5.86. The summed E-state index contributed by atoms with van der Waals surface area (Å²) in [6, 6.07) is 0. The zero-order valence-corrected chi connectivity index (χ0v) is 22.1. The molecule has 0 unspecified atom stereocenters. The van der Waals surface area contributed by atoms with E-state index in [1.54, 1.807) is 0 Å². The topological polar surface area (TPSA) is 27.3 Å². The minimum absolute atomic E-state index is 0. The van der Waals surface area contributed by atoms with E-state index in [1.807, 2.05) is 4.90 Å². The first-order chi connectivity index (χ1) is 7.43. The van der Waals surface area contributed by atoms with E-state index < -0.39 is 0 Å². The first-order valence-corrected chi connectivity index (χ1v) is 6.74. The second kappa shape index (κ2) is 19.4. The van der Waals surface area contributed by atoms with Crippen LogP contribution in [0, 0.1) is 0 Å². The third kappa shape index (κ3) is 21.3. The SMILES string of the molecule is S=C([S-])NCCN(CCNC(=S)[S-])C(=S)[S-].[Na+].[Na+].[Na+]. The normalized spacial score (nSPS) is 7.79. The van der Waals surface area contributed by atoms with Gasteiger partial charge in [-0.1, -0.05) is 13.0 Å². The van der Waals surface area contributed by atoms with E-state index in [-0.39, 0.29) is 88.7 Å². The molecule has 0 amide bonds. The van der Waals surface area contributed by atoms with Crippen LogP contribution < -0.4 is 99.3 Å². The van der Waals surface area contributed by atoms with Crippen molar-refractivity contribution in [3.05, 3.63) is 0 Å². The summed E-state index contributed by atoms with van der Waals surface area (Å²) >= 11 is 28.8. The van der Waals surface area contributed by atoms with Gasteiger partial charge in [0.1, 0.15) is 0 Å². The van der Waals surface area contributed by atoms with Crippen molar-refractivity contribution in [3.63, 3.8) is 0 Å². The van der Waals surface area contributed by atoms with Crippen LogP contribution in [-0.2, 0) is 37.9 Å². The molecule has 0 aliphatic rings. The molecule has 2 N–H and O–H groups in total. The molecule has 0 bridgehead atoms. The Morgan fingerprint density at radius 2 is 1.11 bits per heavy atom. The maximum absolute atomic E-state index is 4.94. The summed E-state index contributed by atoms with van der Waals surface area (Å²) < 4.78 is 1.11. The number of rotatable bonds is 6. The maximum Gasteiger partial charge on any atom is 1.00 e. The molecule has 0 aromatic rings. The second-order valence-electron chi connectivity index (χ2n) is 2.68. The average Bonchev–Trinajstić information content (AvgIpc) is 2.14. The Morgan fingerprint density at radius 3 is 1.32 bits per heavy atom. The Balaban J connectivity index is -0.000000375. The average molecular weight is 398 g/mol. The smallest absolute Gasteiger partial charge is 0.412 e. The third-order valence-electron chi connectivity index (χ3n) is 1.56. The molecule has 0 heterocycles. The fourth-order valence-corrected chi connectivity index (χ4v) is 1.65. The van der Waals surface area contributed by atoms with E-state index in [0.717, 1.165) is 0 Å². The van der Waals surface area contributed by atoms with Gasteiger partial charge >= 0.3 is 88.7 Å². The Bertz CT molecular complexity index is 261. The number of nitrogens with one attached hydrogen (secondary N) is 2. The first-order valence-electron chi connectivity index (χ1n) is 4.29. The number of hydrogen-bond acceptors (Lipinski definition) is 6. The monoisotopic (exact) mass is 397 g/mol. The standard InChI is InChI=1S/C7H13N3S6.3Na/c11-5(12)8-1-3-10(7(15)16)4-2-9-6(13)14;;;/h1-4H2,(H,15,16)(H2,8,11,12)(H2,9,13,14);;;/q;3*+1/p-3. The van der Waals surface area contributed by atoms with E-state index in [2.05, 4.69) is 10.6 Å². The van der Waals surface area contributed by atoms with Crippen molar-refractivity contribution in [1.29, 1.82) is 0 Å². The van der Waals surface area contributed by atoms with Gasteiger partial charge in [0.2, 0.25) is 0 Å². The van der Waals surface area contributed by atoms with Crippen LogP contribution in [-0.4, -0.2) is 44.0 Å². The molecular weight excluding hydrogens is 387 g/mol. The van der Waals surface area contributed by atoms with E-state index in [0.29, 0.717) is 39.1 Å². The van der Waals surface area contributed by atoms with Crippen LogP contribution in [0.4, 0.5) is 0 Å². The molecule has 0 rings (SSSR count). The predicted molar refractivity (Wildman–Crippen MR) is 87.5 cm³/mol. The summed E-state index contributed by atoms with van der Waals surface area (Å²) in [4.78, 5) is 1.85. The number of nitrogens with zero attached hydrogens (tertiary/aromatic N) is 1. The molecule has 0 fully saturated rings. The number of hydrogen-bond donors (Lipinski definition) is 2. The van der Waals surface area contributed by atoms with E-state index in [1.165, 1.54) is 0 Å². The fraction of sp³-hybridized carbons (Fsp3) is 0.571. The van der Waals surface area contributed by atoms with Crippen molar-refractivity contribution in [2.24, 2.45) is 0 Å². The number of thiocarbonyl (C=S) groups is 3. The molecule has 0 spiro atoms. The molecule has 0 saturated heterocycles. The molecule has 0 aliphatic carbocycles.